The molecule has 0 saturated carbocycles. The van der Waals surface area contributed by atoms with Crippen LogP contribution in [0.3, 0.4) is 0 Å². The minimum absolute atomic E-state index is 0.0337. The minimum atomic E-state index is -4.69. The second-order valence-corrected chi connectivity index (χ2v) is 11.1. The third-order valence-corrected chi connectivity index (χ3v) is 7.86. The van der Waals surface area contributed by atoms with Gasteiger partial charge in [0.05, 0.1) is 17.9 Å². The van der Waals surface area contributed by atoms with E-state index in [-0.39, 0.29) is 29.6 Å². The van der Waals surface area contributed by atoms with E-state index in [0.717, 1.165) is 46.9 Å². The van der Waals surface area contributed by atoms with Gasteiger partial charge < -0.3 is 31.4 Å². The molecule has 11 heteroatoms. The predicted octanol–water partition coefficient (Wildman–Crippen LogP) is 6.83. The van der Waals surface area contributed by atoms with Crippen LogP contribution < -0.4 is 26.3 Å². The van der Waals surface area contributed by atoms with Crippen molar-refractivity contribution in [2.75, 3.05) is 11.9 Å². The largest absolute Gasteiger partial charge is 0.507 e. The monoisotopic (exact) mass is 598 g/mol. The normalized spacial score (nSPS) is 16.2. The maximum atomic E-state index is 13.9. The maximum absolute atomic E-state index is 13.9. The number of carbonyl (C=O) groups is 1. The summed E-state index contributed by atoms with van der Waals surface area (Å²) >= 11 is 0. The third-order valence-electron chi connectivity index (χ3n) is 7.86. The molecule has 3 aromatic carbocycles. The fourth-order valence-corrected chi connectivity index (χ4v) is 5.28. The number of benzene rings is 3. The number of hydrogen-bond donors (Lipinski definition) is 4. The third kappa shape index (κ3) is 7.33. The summed E-state index contributed by atoms with van der Waals surface area (Å²) in [5.74, 6) is 0.0145. The number of aliphatic imine (C=N–C) groups is 1. The lowest BCUT2D eigenvalue weighted by atomic mass is 9.85. The van der Waals surface area contributed by atoms with Crippen LogP contribution in [0.15, 0.2) is 47.5 Å². The van der Waals surface area contributed by atoms with Gasteiger partial charge in [0.15, 0.2) is 5.96 Å². The zero-order valence-electron chi connectivity index (χ0n) is 24.7. The van der Waals surface area contributed by atoms with Crippen LogP contribution in [0.25, 0.3) is 0 Å². The zero-order valence-corrected chi connectivity index (χ0v) is 24.7. The number of phenolic OH excluding ortho intramolecular Hbond substituents is 1. The summed E-state index contributed by atoms with van der Waals surface area (Å²) in [6.45, 7) is 7.84. The zero-order chi connectivity index (χ0) is 31.5. The Bertz CT molecular complexity index is 1550. The van der Waals surface area contributed by atoms with Crippen molar-refractivity contribution in [1.82, 2.24) is 0 Å². The van der Waals surface area contributed by atoms with Crippen LogP contribution in [0.2, 0.25) is 0 Å². The average molecular weight is 599 g/mol. The van der Waals surface area contributed by atoms with Crippen molar-refractivity contribution in [3.05, 3.63) is 75.8 Å². The highest BCUT2D eigenvalue weighted by Crippen LogP contribution is 2.44. The molecule has 0 fully saturated rings. The smallest absolute Gasteiger partial charge is 0.420 e. The van der Waals surface area contributed by atoms with Gasteiger partial charge in [-0.15, -0.1) is 0 Å². The number of phenols is 1. The van der Waals surface area contributed by atoms with Crippen molar-refractivity contribution in [2.45, 2.75) is 71.6 Å². The Hall–Kier alpha value is -4.41. The molecule has 1 atom stereocenters. The van der Waals surface area contributed by atoms with Crippen molar-refractivity contribution in [1.29, 1.82) is 0 Å². The number of aromatic hydroxyl groups is 1. The first kappa shape index (κ1) is 31.5. The molecule has 1 aliphatic heterocycles. The van der Waals surface area contributed by atoms with Crippen LogP contribution in [-0.2, 0) is 12.6 Å². The highest BCUT2D eigenvalue weighted by Gasteiger charge is 2.36. The van der Waals surface area contributed by atoms with Gasteiger partial charge in [0.1, 0.15) is 22.8 Å². The number of fused-ring (bicyclic) bond motifs is 1. The van der Waals surface area contributed by atoms with E-state index in [0.29, 0.717) is 30.7 Å². The number of nitrogens with zero attached hydrogens (tertiary/aromatic N) is 1. The Kier molecular flexibility index (Phi) is 9.12. The molecule has 1 aliphatic rings. The van der Waals surface area contributed by atoms with E-state index < -0.39 is 23.2 Å². The lowest BCUT2D eigenvalue weighted by Gasteiger charge is -2.38. The first-order chi connectivity index (χ1) is 20.2. The molecule has 0 aliphatic carbocycles. The highest BCUT2D eigenvalue weighted by molar-refractivity contribution is 6.05. The molecule has 0 spiro atoms. The molecule has 8 nitrogen and oxygen atoms in total. The van der Waals surface area contributed by atoms with E-state index in [1.54, 1.807) is 12.1 Å². The number of rotatable bonds is 9. The summed E-state index contributed by atoms with van der Waals surface area (Å²) in [5.41, 5.74) is 13.4. The fourth-order valence-electron chi connectivity index (χ4n) is 5.28. The minimum Gasteiger partial charge on any atom is -0.507 e. The van der Waals surface area contributed by atoms with Gasteiger partial charge in [-0.25, -0.2) is 4.99 Å². The van der Waals surface area contributed by atoms with Crippen LogP contribution in [0, 0.1) is 20.8 Å². The molecule has 0 radical (unpaired) electrons. The van der Waals surface area contributed by atoms with Gasteiger partial charge in [-0.05, 0) is 113 Å². The van der Waals surface area contributed by atoms with Gasteiger partial charge in [0.2, 0.25) is 0 Å². The molecule has 1 heterocycles. The van der Waals surface area contributed by atoms with Crippen LogP contribution in [0.4, 0.5) is 24.5 Å². The van der Waals surface area contributed by atoms with Crippen molar-refractivity contribution >= 4 is 23.2 Å². The van der Waals surface area contributed by atoms with Gasteiger partial charge in [-0.1, -0.05) is 6.07 Å². The number of carbonyl (C=O) groups excluding carboxylic acids is 1. The summed E-state index contributed by atoms with van der Waals surface area (Å²) in [5, 5.41) is 12.9. The molecule has 3 aromatic rings. The van der Waals surface area contributed by atoms with Crippen molar-refractivity contribution in [2.24, 2.45) is 16.5 Å². The fraction of sp³-hybridized carbons (Fsp3) is 0.375. The van der Waals surface area contributed by atoms with Crippen LogP contribution in [0.1, 0.15) is 70.8 Å². The SMILES string of the molecule is Cc1c(C)c2c(c(C)c1O)CCC(C)(CCCCOc1ccc(NC(=O)c3cccc(N=C(N)N)c3)cc1C(F)(F)F)O2. The Morgan fingerprint density at radius 2 is 1.84 bits per heavy atom. The van der Waals surface area contributed by atoms with Crippen molar-refractivity contribution in [3.8, 4) is 17.2 Å². The molecule has 0 bridgehead atoms. The van der Waals surface area contributed by atoms with Crippen LogP contribution in [0.5, 0.6) is 17.2 Å². The molecular weight excluding hydrogens is 561 g/mol. The number of unbranched alkanes of at least 4 members (excludes halogenated alkanes) is 1. The van der Waals surface area contributed by atoms with E-state index in [1.807, 2.05) is 27.7 Å². The number of ether oxygens (including phenoxy) is 2. The number of nitrogens with two attached hydrogens (primary N) is 2. The van der Waals surface area contributed by atoms with E-state index in [2.05, 4.69) is 10.3 Å². The van der Waals surface area contributed by atoms with Gasteiger partial charge in [0.25, 0.3) is 5.91 Å². The molecular formula is C32H37F3N4O4. The maximum Gasteiger partial charge on any atom is 0.420 e. The quantitative estimate of drug-likeness (QED) is 0.121. The summed E-state index contributed by atoms with van der Waals surface area (Å²) in [7, 11) is 0. The second kappa shape index (κ2) is 12.4. The van der Waals surface area contributed by atoms with Crippen molar-refractivity contribution < 1.29 is 32.5 Å². The summed E-state index contributed by atoms with van der Waals surface area (Å²) in [4.78, 5) is 16.5. The second-order valence-electron chi connectivity index (χ2n) is 11.1. The predicted molar refractivity (Wildman–Crippen MR) is 160 cm³/mol. The number of amides is 1. The van der Waals surface area contributed by atoms with Gasteiger partial charge in [-0.3, -0.25) is 4.79 Å². The molecule has 1 unspecified atom stereocenters. The Morgan fingerprint density at radius 3 is 2.53 bits per heavy atom. The number of anilines is 1. The lowest BCUT2D eigenvalue weighted by molar-refractivity contribution is -0.138. The van der Waals surface area contributed by atoms with Gasteiger partial charge in [-0.2, -0.15) is 13.2 Å². The van der Waals surface area contributed by atoms with Crippen molar-refractivity contribution in [3.63, 3.8) is 0 Å². The lowest BCUT2D eigenvalue weighted by Crippen LogP contribution is -2.37. The molecule has 1 amide bonds. The first-order valence-corrected chi connectivity index (χ1v) is 14.0. The highest BCUT2D eigenvalue weighted by atomic mass is 19.4. The standard InChI is InChI=1S/C32H37F3N4O4/c1-18-19(2)28-24(20(3)27(18)40)12-14-31(4,43-28)13-5-6-15-42-26-11-10-23(17-25(26)32(33,34)35)38-29(41)21-8-7-9-22(16-21)39-30(36)37/h7-11,16-17,40H,5-6,12-15H2,1-4H3,(H,38,41)(H4,36,37,39). The van der Waals surface area contributed by atoms with E-state index in [1.165, 1.54) is 24.3 Å². The van der Waals surface area contributed by atoms with Gasteiger partial charge >= 0.3 is 6.18 Å². The number of halogens is 3. The summed E-state index contributed by atoms with van der Waals surface area (Å²) in [6, 6.07) is 9.48. The Labute approximate surface area is 248 Å². The van der Waals surface area contributed by atoms with Crippen LogP contribution >= 0.6 is 0 Å². The number of guanidine groups is 1. The summed E-state index contributed by atoms with van der Waals surface area (Å²) in [6.07, 6.45) is -1.22. The van der Waals surface area contributed by atoms with E-state index in [9.17, 15) is 23.1 Å². The average Bonchev–Trinajstić information content (AvgIpc) is 2.94. The van der Waals surface area contributed by atoms with E-state index in [4.69, 9.17) is 20.9 Å². The van der Waals surface area contributed by atoms with Crippen LogP contribution in [-0.4, -0.2) is 29.2 Å². The number of alkyl halides is 3. The molecule has 43 heavy (non-hydrogen) atoms. The molecule has 4 rings (SSSR count). The number of hydrogen-bond acceptors (Lipinski definition) is 5. The number of nitrogens with one attached hydrogen (secondary N) is 1. The molecule has 0 saturated heterocycles. The summed E-state index contributed by atoms with van der Waals surface area (Å²) < 4.78 is 53.7. The Morgan fingerprint density at radius 1 is 1.09 bits per heavy atom. The molecule has 0 aromatic heterocycles. The van der Waals surface area contributed by atoms with E-state index >= 15 is 0 Å². The molecule has 6 N–H and O–H groups in total. The molecule has 230 valence electrons. The Balaban J connectivity index is 1.36. The topological polar surface area (TPSA) is 132 Å². The first-order valence-electron chi connectivity index (χ1n) is 14.0. The van der Waals surface area contributed by atoms with Gasteiger partial charge in [0, 0.05) is 16.8 Å².